The van der Waals surface area contributed by atoms with Crippen LogP contribution in [0.1, 0.15) is 16.7 Å². The summed E-state index contributed by atoms with van der Waals surface area (Å²) in [5.41, 5.74) is 6.88. The number of fused-ring (bicyclic) bond motifs is 1. The van der Waals surface area contributed by atoms with Crippen LogP contribution in [0.5, 0.6) is 0 Å². The van der Waals surface area contributed by atoms with Gasteiger partial charge in [-0.1, -0.05) is 30.3 Å². The maximum Gasteiger partial charge on any atom is 0.0346 e. The van der Waals surface area contributed by atoms with Crippen LogP contribution in [0.2, 0.25) is 0 Å². The first kappa shape index (κ1) is 14.8. The SMILES string of the molecule is CN(C)CC1=C(c2cccnc2)c2ccccc2C1.Cl. The average Bonchev–Trinajstić information content (AvgIpc) is 2.76. The van der Waals surface area contributed by atoms with Gasteiger partial charge in [-0.15, -0.1) is 12.4 Å². The highest BCUT2D eigenvalue weighted by Gasteiger charge is 2.22. The zero-order chi connectivity index (χ0) is 13.2. The van der Waals surface area contributed by atoms with Gasteiger partial charge in [-0.05, 0) is 48.9 Å². The Morgan fingerprint density at radius 2 is 1.90 bits per heavy atom. The second kappa shape index (κ2) is 6.21. The minimum Gasteiger partial charge on any atom is -0.305 e. The lowest BCUT2D eigenvalue weighted by molar-refractivity contribution is 0.443. The van der Waals surface area contributed by atoms with Gasteiger partial charge in [-0.25, -0.2) is 0 Å². The molecule has 1 heterocycles. The van der Waals surface area contributed by atoms with Gasteiger partial charge in [0, 0.05) is 24.5 Å². The molecule has 20 heavy (non-hydrogen) atoms. The predicted molar refractivity (Wildman–Crippen MR) is 86.2 cm³/mol. The zero-order valence-electron chi connectivity index (χ0n) is 11.8. The molecular weight excluding hydrogens is 268 g/mol. The Hall–Kier alpha value is -1.64. The van der Waals surface area contributed by atoms with Crippen LogP contribution >= 0.6 is 12.4 Å². The molecule has 0 radical (unpaired) electrons. The number of aromatic nitrogens is 1. The molecular formula is C17H19ClN2. The first-order valence-corrected chi connectivity index (χ1v) is 6.61. The first-order chi connectivity index (χ1) is 9.25. The molecule has 1 aromatic carbocycles. The van der Waals surface area contributed by atoms with E-state index in [2.05, 4.69) is 54.3 Å². The van der Waals surface area contributed by atoms with Gasteiger partial charge in [0.15, 0.2) is 0 Å². The molecule has 2 aromatic rings. The quantitative estimate of drug-likeness (QED) is 0.859. The summed E-state index contributed by atoms with van der Waals surface area (Å²) in [7, 11) is 4.24. The van der Waals surface area contributed by atoms with Crippen molar-refractivity contribution in [2.75, 3.05) is 20.6 Å². The normalized spacial score (nSPS) is 13.3. The summed E-state index contributed by atoms with van der Waals surface area (Å²) in [5, 5.41) is 0. The molecule has 3 rings (SSSR count). The lowest BCUT2D eigenvalue weighted by atomic mass is 9.99. The first-order valence-electron chi connectivity index (χ1n) is 6.61. The van der Waals surface area contributed by atoms with Crippen LogP contribution in [0.4, 0.5) is 0 Å². The van der Waals surface area contributed by atoms with Crippen molar-refractivity contribution in [1.29, 1.82) is 0 Å². The summed E-state index contributed by atoms with van der Waals surface area (Å²) in [5.74, 6) is 0. The number of halogens is 1. The molecule has 1 aliphatic carbocycles. The van der Waals surface area contributed by atoms with Gasteiger partial charge < -0.3 is 4.90 Å². The van der Waals surface area contributed by atoms with Gasteiger partial charge in [0.05, 0.1) is 0 Å². The molecule has 2 nitrogen and oxygen atoms in total. The fourth-order valence-corrected chi connectivity index (χ4v) is 2.81. The maximum atomic E-state index is 4.27. The van der Waals surface area contributed by atoms with E-state index in [1.54, 1.807) is 0 Å². The molecule has 1 aliphatic rings. The Labute approximate surface area is 126 Å². The molecule has 0 N–H and O–H groups in total. The van der Waals surface area contributed by atoms with E-state index in [1.807, 2.05) is 18.5 Å². The third kappa shape index (κ3) is 2.77. The predicted octanol–water partition coefficient (Wildman–Crippen LogP) is 3.42. The fourth-order valence-electron chi connectivity index (χ4n) is 2.81. The Bertz CT molecular complexity index is 618. The van der Waals surface area contributed by atoms with Crippen molar-refractivity contribution in [2.45, 2.75) is 6.42 Å². The Morgan fingerprint density at radius 1 is 1.10 bits per heavy atom. The van der Waals surface area contributed by atoms with Gasteiger partial charge in [0.25, 0.3) is 0 Å². The molecule has 0 amide bonds. The Morgan fingerprint density at radius 3 is 2.60 bits per heavy atom. The second-order valence-corrected chi connectivity index (χ2v) is 5.29. The zero-order valence-corrected chi connectivity index (χ0v) is 12.7. The van der Waals surface area contributed by atoms with Gasteiger partial charge >= 0.3 is 0 Å². The van der Waals surface area contributed by atoms with Crippen molar-refractivity contribution in [3.63, 3.8) is 0 Å². The van der Waals surface area contributed by atoms with Crippen LogP contribution in [-0.2, 0) is 6.42 Å². The van der Waals surface area contributed by atoms with Crippen molar-refractivity contribution >= 4 is 18.0 Å². The van der Waals surface area contributed by atoms with E-state index in [4.69, 9.17) is 0 Å². The average molecular weight is 287 g/mol. The third-order valence-electron chi connectivity index (χ3n) is 3.50. The largest absolute Gasteiger partial charge is 0.305 e. The molecule has 0 unspecified atom stereocenters. The number of rotatable bonds is 3. The van der Waals surface area contributed by atoms with E-state index < -0.39 is 0 Å². The Kier molecular flexibility index (Phi) is 4.58. The van der Waals surface area contributed by atoms with Gasteiger partial charge in [0.2, 0.25) is 0 Å². The number of hydrogen-bond acceptors (Lipinski definition) is 2. The molecule has 0 atom stereocenters. The maximum absolute atomic E-state index is 4.27. The summed E-state index contributed by atoms with van der Waals surface area (Å²) >= 11 is 0. The highest BCUT2D eigenvalue weighted by Crippen LogP contribution is 2.37. The van der Waals surface area contributed by atoms with E-state index in [9.17, 15) is 0 Å². The fraction of sp³-hybridized carbons (Fsp3) is 0.235. The van der Waals surface area contributed by atoms with Crippen LogP contribution < -0.4 is 0 Å². The molecule has 1 aromatic heterocycles. The summed E-state index contributed by atoms with van der Waals surface area (Å²) in [4.78, 5) is 6.50. The number of nitrogens with zero attached hydrogens (tertiary/aromatic N) is 2. The van der Waals surface area contributed by atoms with E-state index in [1.165, 1.54) is 27.8 Å². The number of hydrogen-bond donors (Lipinski definition) is 0. The van der Waals surface area contributed by atoms with E-state index in [0.717, 1.165) is 13.0 Å². The van der Waals surface area contributed by atoms with Crippen LogP contribution in [0.3, 0.4) is 0 Å². The molecule has 0 aliphatic heterocycles. The minimum absolute atomic E-state index is 0. The molecule has 0 bridgehead atoms. The van der Waals surface area contributed by atoms with Crippen LogP contribution in [0.15, 0.2) is 54.4 Å². The van der Waals surface area contributed by atoms with E-state index in [0.29, 0.717) is 0 Å². The molecule has 104 valence electrons. The second-order valence-electron chi connectivity index (χ2n) is 5.29. The van der Waals surface area contributed by atoms with Gasteiger partial charge in [-0.3, -0.25) is 4.98 Å². The van der Waals surface area contributed by atoms with E-state index >= 15 is 0 Å². The van der Waals surface area contributed by atoms with Crippen LogP contribution in [0.25, 0.3) is 5.57 Å². The third-order valence-corrected chi connectivity index (χ3v) is 3.50. The standard InChI is InChI=1S/C17H18N2.ClH/c1-19(2)12-15-10-13-6-3-4-8-16(13)17(15)14-7-5-9-18-11-14;/h3-9,11H,10,12H2,1-2H3;1H. The number of likely N-dealkylation sites (N-methyl/N-ethyl adjacent to an activating group) is 1. The van der Waals surface area contributed by atoms with Crippen LogP contribution in [-0.4, -0.2) is 30.5 Å². The highest BCUT2D eigenvalue weighted by atomic mass is 35.5. The molecule has 3 heteroatoms. The molecule has 0 saturated heterocycles. The molecule has 0 fully saturated rings. The van der Waals surface area contributed by atoms with Crippen molar-refractivity contribution in [1.82, 2.24) is 9.88 Å². The summed E-state index contributed by atoms with van der Waals surface area (Å²) in [6, 6.07) is 12.9. The number of benzene rings is 1. The van der Waals surface area contributed by atoms with Crippen molar-refractivity contribution in [3.05, 3.63) is 71.1 Å². The summed E-state index contributed by atoms with van der Waals surface area (Å²) < 4.78 is 0. The van der Waals surface area contributed by atoms with Gasteiger partial charge in [0.1, 0.15) is 0 Å². The summed E-state index contributed by atoms with van der Waals surface area (Å²) in [6.07, 6.45) is 4.85. The van der Waals surface area contributed by atoms with Crippen molar-refractivity contribution in [3.8, 4) is 0 Å². The lowest BCUT2D eigenvalue weighted by Gasteiger charge is -2.13. The minimum atomic E-state index is 0. The topological polar surface area (TPSA) is 16.1 Å². The summed E-state index contributed by atoms with van der Waals surface area (Å²) in [6.45, 7) is 0.999. The van der Waals surface area contributed by atoms with Crippen LogP contribution in [0, 0.1) is 0 Å². The Balaban J connectivity index is 0.00000147. The molecule has 0 spiro atoms. The smallest absolute Gasteiger partial charge is 0.0346 e. The number of pyridine rings is 1. The molecule has 0 saturated carbocycles. The van der Waals surface area contributed by atoms with Gasteiger partial charge in [-0.2, -0.15) is 0 Å². The van der Waals surface area contributed by atoms with Crippen molar-refractivity contribution in [2.24, 2.45) is 0 Å². The van der Waals surface area contributed by atoms with E-state index in [-0.39, 0.29) is 12.4 Å². The van der Waals surface area contributed by atoms with Crippen molar-refractivity contribution < 1.29 is 0 Å². The highest BCUT2D eigenvalue weighted by molar-refractivity contribution is 5.87. The monoisotopic (exact) mass is 286 g/mol. The lowest BCUT2D eigenvalue weighted by Crippen LogP contribution is -2.15.